The van der Waals surface area contributed by atoms with Gasteiger partial charge in [0.15, 0.2) is 0 Å². The Bertz CT molecular complexity index is 774. The zero-order valence-electron chi connectivity index (χ0n) is 11.6. The molecule has 21 heavy (non-hydrogen) atoms. The van der Waals surface area contributed by atoms with Crippen molar-refractivity contribution in [2.75, 3.05) is 12.4 Å². The van der Waals surface area contributed by atoms with Crippen LogP contribution in [-0.4, -0.2) is 12.1 Å². The van der Waals surface area contributed by atoms with Gasteiger partial charge in [-0.05, 0) is 29.8 Å². The first kappa shape index (κ1) is 13.9. The number of hydrogen-bond acceptors (Lipinski definition) is 3. The fourth-order valence-corrected chi connectivity index (χ4v) is 2.77. The van der Waals surface area contributed by atoms with Gasteiger partial charge in [0, 0.05) is 22.6 Å². The minimum atomic E-state index is 0.696. The van der Waals surface area contributed by atoms with E-state index in [1.54, 1.807) is 7.11 Å². The predicted molar refractivity (Wildman–Crippen MR) is 89.8 cm³/mol. The maximum absolute atomic E-state index is 5.35. The number of rotatable bonds is 4. The number of aromatic nitrogens is 1. The quantitative estimate of drug-likeness (QED) is 0.751. The summed E-state index contributed by atoms with van der Waals surface area (Å²) in [5, 5.41) is 4.53. The Morgan fingerprint density at radius 3 is 2.81 bits per heavy atom. The topological polar surface area (TPSA) is 34.1 Å². The normalized spacial score (nSPS) is 10.6. The van der Waals surface area contributed by atoms with Gasteiger partial charge in [0.2, 0.25) is 0 Å². The summed E-state index contributed by atoms with van der Waals surface area (Å²) >= 11 is 3.57. The van der Waals surface area contributed by atoms with E-state index in [2.05, 4.69) is 44.4 Å². The molecule has 0 aliphatic carbocycles. The first-order valence-electron chi connectivity index (χ1n) is 6.68. The second kappa shape index (κ2) is 6.14. The average Bonchev–Trinajstić information content (AvgIpc) is 2.55. The van der Waals surface area contributed by atoms with Crippen molar-refractivity contribution in [1.82, 2.24) is 4.98 Å². The van der Waals surface area contributed by atoms with Gasteiger partial charge >= 0.3 is 0 Å². The fraction of sp³-hybridized carbons (Fsp3) is 0.118. The Labute approximate surface area is 132 Å². The highest BCUT2D eigenvalue weighted by atomic mass is 79.9. The summed E-state index contributed by atoms with van der Waals surface area (Å²) < 4.78 is 6.42. The van der Waals surface area contributed by atoms with Crippen molar-refractivity contribution < 1.29 is 4.74 Å². The third kappa shape index (κ3) is 2.85. The lowest BCUT2D eigenvalue weighted by molar-refractivity contribution is 0.416. The minimum Gasteiger partial charge on any atom is -0.495 e. The number of hydrogen-bond donors (Lipinski definition) is 1. The molecule has 0 fully saturated rings. The van der Waals surface area contributed by atoms with Crippen LogP contribution in [0.15, 0.2) is 59.2 Å². The Morgan fingerprint density at radius 1 is 1.10 bits per heavy atom. The monoisotopic (exact) mass is 342 g/mol. The fourth-order valence-electron chi connectivity index (χ4n) is 2.32. The predicted octanol–water partition coefficient (Wildman–Crippen LogP) is 4.62. The van der Waals surface area contributed by atoms with Crippen LogP contribution in [0, 0.1) is 0 Å². The van der Waals surface area contributed by atoms with E-state index in [9.17, 15) is 0 Å². The maximum atomic E-state index is 5.35. The van der Waals surface area contributed by atoms with Gasteiger partial charge in [-0.3, -0.25) is 4.98 Å². The van der Waals surface area contributed by atoms with E-state index in [1.165, 1.54) is 0 Å². The highest BCUT2D eigenvalue weighted by Crippen LogP contribution is 2.27. The standard InChI is InChI=1S/C17H15BrN2O/c1-21-16-7-3-2-6-15(16)20-11-12-8-9-14(18)13-5-4-10-19-17(12)13/h2-10,20H,11H2,1H3. The Balaban J connectivity index is 1.91. The zero-order chi connectivity index (χ0) is 14.7. The van der Waals surface area contributed by atoms with E-state index in [-0.39, 0.29) is 0 Å². The van der Waals surface area contributed by atoms with Crippen LogP contribution in [0.2, 0.25) is 0 Å². The first-order chi connectivity index (χ1) is 10.3. The molecule has 2 aromatic carbocycles. The Morgan fingerprint density at radius 2 is 1.95 bits per heavy atom. The van der Waals surface area contributed by atoms with Gasteiger partial charge < -0.3 is 10.1 Å². The zero-order valence-corrected chi connectivity index (χ0v) is 13.2. The second-order valence-electron chi connectivity index (χ2n) is 4.66. The van der Waals surface area contributed by atoms with E-state index in [0.717, 1.165) is 32.4 Å². The van der Waals surface area contributed by atoms with E-state index in [4.69, 9.17) is 4.74 Å². The lowest BCUT2D eigenvalue weighted by Crippen LogP contribution is -2.02. The number of para-hydroxylation sites is 2. The molecule has 0 saturated carbocycles. The number of nitrogens with one attached hydrogen (secondary N) is 1. The molecule has 0 radical (unpaired) electrons. The molecular formula is C17H15BrN2O. The molecule has 106 valence electrons. The summed E-state index contributed by atoms with van der Waals surface area (Å²) in [6.45, 7) is 0.696. The van der Waals surface area contributed by atoms with Gasteiger partial charge in [0.25, 0.3) is 0 Å². The molecule has 1 N–H and O–H groups in total. The molecule has 1 aromatic heterocycles. The van der Waals surface area contributed by atoms with Crippen LogP contribution in [0.5, 0.6) is 5.75 Å². The largest absolute Gasteiger partial charge is 0.495 e. The van der Waals surface area contributed by atoms with E-state index < -0.39 is 0 Å². The smallest absolute Gasteiger partial charge is 0.141 e. The summed E-state index contributed by atoms with van der Waals surface area (Å²) in [6.07, 6.45) is 1.82. The number of anilines is 1. The van der Waals surface area contributed by atoms with Crippen LogP contribution in [0.25, 0.3) is 10.9 Å². The van der Waals surface area contributed by atoms with Crippen molar-refractivity contribution >= 4 is 32.5 Å². The first-order valence-corrected chi connectivity index (χ1v) is 7.48. The molecule has 0 unspecified atom stereocenters. The Kier molecular flexibility index (Phi) is 4.06. The van der Waals surface area contributed by atoms with Crippen LogP contribution >= 0.6 is 15.9 Å². The summed E-state index contributed by atoms with van der Waals surface area (Å²) in [6, 6.07) is 16.1. The summed E-state index contributed by atoms with van der Waals surface area (Å²) in [7, 11) is 1.68. The molecule has 0 amide bonds. The maximum Gasteiger partial charge on any atom is 0.141 e. The van der Waals surface area contributed by atoms with Gasteiger partial charge in [-0.2, -0.15) is 0 Å². The van der Waals surface area contributed by atoms with Crippen molar-refractivity contribution in [3.63, 3.8) is 0 Å². The van der Waals surface area contributed by atoms with Gasteiger partial charge in [-0.1, -0.05) is 40.2 Å². The van der Waals surface area contributed by atoms with Gasteiger partial charge in [0.05, 0.1) is 18.3 Å². The van der Waals surface area contributed by atoms with Crippen LogP contribution in [0.4, 0.5) is 5.69 Å². The minimum absolute atomic E-state index is 0.696. The lowest BCUT2D eigenvalue weighted by atomic mass is 10.1. The van der Waals surface area contributed by atoms with Crippen molar-refractivity contribution in [1.29, 1.82) is 0 Å². The van der Waals surface area contributed by atoms with Gasteiger partial charge in [-0.15, -0.1) is 0 Å². The molecule has 3 aromatic rings. The summed E-state index contributed by atoms with van der Waals surface area (Å²) in [5.41, 5.74) is 3.14. The van der Waals surface area contributed by atoms with E-state index >= 15 is 0 Å². The molecule has 4 heteroatoms. The highest BCUT2D eigenvalue weighted by Gasteiger charge is 2.06. The number of benzene rings is 2. The van der Waals surface area contributed by atoms with E-state index in [1.807, 2.05) is 36.5 Å². The summed E-state index contributed by atoms with van der Waals surface area (Å²) in [5.74, 6) is 0.840. The van der Waals surface area contributed by atoms with E-state index in [0.29, 0.717) is 6.54 Å². The molecule has 3 rings (SSSR count). The third-order valence-electron chi connectivity index (χ3n) is 3.38. The molecule has 0 atom stereocenters. The molecule has 0 saturated heterocycles. The lowest BCUT2D eigenvalue weighted by Gasteiger charge is -2.12. The number of halogens is 1. The molecular weight excluding hydrogens is 328 g/mol. The number of fused-ring (bicyclic) bond motifs is 1. The number of pyridine rings is 1. The molecule has 0 aliphatic heterocycles. The average molecular weight is 343 g/mol. The van der Waals surface area contributed by atoms with Crippen LogP contribution in [0.3, 0.4) is 0 Å². The second-order valence-corrected chi connectivity index (χ2v) is 5.51. The molecule has 1 heterocycles. The van der Waals surface area contributed by atoms with Gasteiger partial charge in [-0.25, -0.2) is 0 Å². The summed E-state index contributed by atoms with van der Waals surface area (Å²) in [4.78, 5) is 4.50. The third-order valence-corrected chi connectivity index (χ3v) is 4.07. The Hall–Kier alpha value is -2.07. The van der Waals surface area contributed by atoms with Gasteiger partial charge in [0.1, 0.15) is 5.75 Å². The molecule has 0 aliphatic rings. The van der Waals surface area contributed by atoms with Crippen LogP contribution in [-0.2, 0) is 6.54 Å². The molecule has 0 bridgehead atoms. The number of ether oxygens (including phenoxy) is 1. The highest BCUT2D eigenvalue weighted by molar-refractivity contribution is 9.10. The SMILES string of the molecule is COc1ccccc1NCc1ccc(Br)c2cccnc12. The number of methoxy groups -OCH3 is 1. The van der Waals surface area contributed by atoms with Crippen molar-refractivity contribution in [2.45, 2.75) is 6.54 Å². The van der Waals surface area contributed by atoms with Crippen molar-refractivity contribution in [2.24, 2.45) is 0 Å². The molecule has 0 spiro atoms. The van der Waals surface area contributed by atoms with Crippen LogP contribution < -0.4 is 10.1 Å². The number of nitrogens with zero attached hydrogens (tertiary/aromatic N) is 1. The molecule has 3 nitrogen and oxygen atoms in total. The van der Waals surface area contributed by atoms with Crippen molar-refractivity contribution in [3.05, 3.63) is 64.8 Å². The van der Waals surface area contributed by atoms with Crippen molar-refractivity contribution in [3.8, 4) is 5.75 Å². The van der Waals surface area contributed by atoms with Crippen LogP contribution in [0.1, 0.15) is 5.56 Å².